The second-order valence-corrected chi connectivity index (χ2v) is 5.32. The molecule has 0 aliphatic heterocycles. The van der Waals surface area contributed by atoms with Crippen molar-refractivity contribution in [2.75, 3.05) is 5.73 Å². The molecule has 1 unspecified atom stereocenters. The summed E-state index contributed by atoms with van der Waals surface area (Å²) < 4.78 is 1.61. The molecule has 0 saturated carbocycles. The van der Waals surface area contributed by atoms with Gasteiger partial charge in [0.05, 0.1) is 11.7 Å². The fourth-order valence-corrected chi connectivity index (χ4v) is 2.84. The van der Waals surface area contributed by atoms with Gasteiger partial charge in [-0.2, -0.15) is 5.10 Å². The van der Waals surface area contributed by atoms with Gasteiger partial charge in [0.2, 0.25) is 0 Å². The smallest absolute Gasteiger partial charge is 0.270 e. The van der Waals surface area contributed by atoms with Crippen LogP contribution in [0.1, 0.15) is 39.8 Å². The lowest BCUT2D eigenvalue weighted by atomic mass is 10.1. The Morgan fingerprint density at radius 1 is 1.45 bits per heavy atom. The fraction of sp³-hybridized carbons (Fsp3) is 0.333. The SMILES string of the molecule is Cc1cc(C(=O)NC2CCc3cc(N)ccc32)n(C)n1. The maximum atomic E-state index is 12.3. The molecule has 1 aliphatic carbocycles. The van der Waals surface area contributed by atoms with Crippen LogP contribution in [0, 0.1) is 6.92 Å². The highest BCUT2D eigenvalue weighted by molar-refractivity contribution is 5.93. The largest absolute Gasteiger partial charge is 0.399 e. The second kappa shape index (κ2) is 4.67. The molecule has 0 saturated heterocycles. The molecule has 5 nitrogen and oxygen atoms in total. The van der Waals surface area contributed by atoms with Crippen LogP contribution in [-0.2, 0) is 13.5 Å². The normalized spacial score (nSPS) is 17.0. The van der Waals surface area contributed by atoms with Crippen LogP contribution in [-0.4, -0.2) is 15.7 Å². The zero-order valence-corrected chi connectivity index (χ0v) is 11.7. The van der Waals surface area contributed by atoms with Crippen LogP contribution in [0.3, 0.4) is 0 Å². The summed E-state index contributed by atoms with van der Waals surface area (Å²) in [5.41, 5.74) is 10.4. The standard InChI is InChI=1S/C15H18N4O/c1-9-7-14(19(2)18-9)15(20)17-13-6-3-10-8-11(16)4-5-12(10)13/h4-5,7-8,13H,3,6,16H2,1-2H3,(H,17,20). The number of rotatable bonds is 2. The highest BCUT2D eigenvalue weighted by Gasteiger charge is 2.25. The van der Waals surface area contributed by atoms with Crippen molar-refractivity contribution in [3.8, 4) is 0 Å². The first kappa shape index (κ1) is 12.7. The van der Waals surface area contributed by atoms with Crippen molar-refractivity contribution in [1.29, 1.82) is 0 Å². The number of amides is 1. The zero-order valence-electron chi connectivity index (χ0n) is 11.7. The average Bonchev–Trinajstić information content (AvgIpc) is 2.93. The van der Waals surface area contributed by atoms with E-state index in [1.165, 1.54) is 11.1 Å². The number of hydrogen-bond donors (Lipinski definition) is 2. The second-order valence-electron chi connectivity index (χ2n) is 5.32. The van der Waals surface area contributed by atoms with Crippen LogP contribution >= 0.6 is 0 Å². The van der Waals surface area contributed by atoms with Crippen molar-refractivity contribution in [2.24, 2.45) is 7.05 Å². The van der Waals surface area contributed by atoms with Gasteiger partial charge in [-0.15, -0.1) is 0 Å². The fourth-order valence-electron chi connectivity index (χ4n) is 2.84. The molecular formula is C15H18N4O. The topological polar surface area (TPSA) is 72.9 Å². The van der Waals surface area contributed by atoms with Gasteiger partial charge < -0.3 is 11.1 Å². The Morgan fingerprint density at radius 2 is 2.25 bits per heavy atom. The Labute approximate surface area is 117 Å². The molecular weight excluding hydrogens is 252 g/mol. The number of aromatic nitrogens is 2. The van der Waals surface area contributed by atoms with E-state index >= 15 is 0 Å². The van der Waals surface area contributed by atoms with Gasteiger partial charge in [0, 0.05) is 12.7 Å². The number of carbonyl (C=O) groups is 1. The van der Waals surface area contributed by atoms with Crippen molar-refractivity contribution in [1.82, 2.24) is 15.1 Å². The molecule has 1 heterocycles. The summed E-state index contributed by atoms with van der Waals surface area (Å²) in [7, 11) is 1.78. The van der Waals surface area contributed by atoms with Crippen LogP contribution < -0.4 is 11.1 Å². The Hall–Kier alpha value is -2.30. The van der Waals surface area contributed by atoms with Gasteiger partial charge in [0.15, 0.2) is 0 Å². The van der Waals surface area contributed by atoms with Crippen molar-refractivity contribution in [3.63, 3.8) is 0 Å². The molecule has 1 aromatic heterocycles. The predicted molar refractivity (Wildman–Crippen MR) is 77.3 cm³/mol. The van der Waals surface area contributed by atoms with E-state index in [4.69, 9.17) is 5.73 Å². The summed E-state index contributed by atoms with van der Waals surface area (Å²) in [6.07, 6.45) is 1.87. The summed E-state index contributed by atoms with van der Waals surface area (Å²) in [5.74, 6) is -0.0808. The van der Waals surface area contributed by atoms with Crippen LogP contribution in [0.15, 0.2) is 24.3 Å². The van der Waals surface area contributed by atoms with Crippen LogP contribution in [0.5, 0.6) is 0 Å². The minimum atomic E-state index is -0.0808. The molecule has 0 radical (unpaired) electrons. The van der Waals surface area contributed by atoms with Crippen molar-refractivity contribution < 1.29 is 4.79 Å². The lowest BCUT2D eigenvalue weighted by molar-refractivity contribution is 0.0927. The molecule has 1 aromatic carbocycles. The quantitative estimate of drug-likeness (QED) is 0.816. The first-order chi connectivity index (χ1) is 9.54. The van der Waals surface area contributed by atoms with Gasteiger partial charge in [-0.1, -0.05) is 6.07 Å². The number of nitrogen functional groups attached to an aromatic ring is 1. The van der Waals surface area contributed by atoms with Crippen molar-refractivity contribution >= 4 is 11.6 Å². The molecule has 2 aromatic rings. The Balaban J connectivity index is 1.80. The third kappa shape index (κ3) is 2.15. The minimum absolute atomic E-state index is 0.0632. The summed E-state index contributed by atoms with van der Waals surface area (Å²) >= 11 is 0. The van der Waals surface area contributed by atoms with Gasteiger partial charge in [-0.05, 0) is 49.1 Å². The van der Waals surface area contributed by atoms with E-state index in [1.54, 1.807) is 17.8 Å². The van der Waals surface area contributed by atoms with Gasteiger partial charge in [0.25, 0.3) is 5.91 Å². The lowest BCUT2D eigenvalue weighted by Gasteiger charge is -2.14. The van der Waals surface area contributed by atoms with Crippen molar-refractivity contribution in [2.45, 2.75) is 25.8 Å². The summed E-state index contributed by atoms with van der Waals surface area (Å²) in [5, 5.41) is 7.29. The number of nitrogens with zero attached hydrogens (tertiary/aromatic N) is 2. The van der Waals surface area contributed by atoms with E-state index in [-0.39, 0.29) is 11.9 Å². The van der Waals surface area contributed by atoms with E-state index in [9.17, 15) is 4.79 Å². The number of aryl methyl sites for hydroxylation is 3. The molecule has 0 fully saturated rings. The van der Waals surface area contributed by atoms with Crippen LogP contribution in [0.4, 0.5) is 5.69 Å². The molecule has 0 spiro atoms. The molecule has 3 rings (SSSR count). The number of anilines is 1. The van der Waals surface area contributed by atoms with Gasteiger partial charge in [-0.3, -0.25) is 9.48 Å². The van der Waals surface area contributed by atoms with Gasteiger partial charge in [-0.25, -0.2) is 0 Å². The molecule has 0 bridgehead atoms. The molecule has 104 valence electrons. The Morgan fingerprint density at radius 3 is 2.95 bits per heavy atom. The third-order valence-electron chi connectivity index (χ3n) is 3.78. The molecule has 5 heteroatoms. The van der Waals surface area contributed by atoms with E-state index in [0.29, 0.717) is 5.69 Å². The van der Waals surface area contributed by atoms with E-state index in [0.717, 1.165) is 24.2 Å². The minimum Gasteiger partial charge on any atom is -0.399 e. The van der Waals surface area contributed by atoms with Crippen LogP contribution in [0.25, 0.3) is 0 Å². The number of benzene rings is 1. The third-order valence-corrected chi connectivity index (χ3v) is 3.78. The van der Waals surface area contributed by atoms with Crippen LogP contribution in [0.2, 0.25) is 0 Å². The molecule has 3 N–H and O–H groups in total. The van der Waals surface area contributed by atoms with E-state index < -0.39 is 0 Å². The molecule has 20 heavy (non-hydrogen) atoms. The number of hydrogen-bond acceptors (Lipinski definition) is 3. The zero-order chi connectivity index (χ0) is 14.3. The first-order valence-corrected chi connectivity index (χ1v) is 6.74. The van der Waals surface area contributed by atoms with E-state index in [1.807, 2.05) is 25.1 Å². The van der Waals surface area contributed by atoms with Gasteiger partial charge in [0.1, 0.15) is 5.69 Å². The number of carbonyl (C=O) groups excluding carboxylic acids is 1. The van der Waals surface area contributed by atoms with Crippen molar-refractivity contribution in [3.05, 3.63) is 46.8 Å². The lowest BCUT2D eigenvalue weighted by Crippen LogP contribution is -2.28. The highest BCUT2D eigenvalue weighted by Crippen LogP contribution is 2.32. The Bertz CT molecular complexity index is 675. The van der Waals surface area contributed by atoms with Gasteiger partial charge >= 0.3 is 0 Å². The summed E-state index contributed by atoms with van der Waals surface area (Å²) in [6.45, 7) is 1.88. The Kier molecular flexibility index (Phi) is 2.97. The maximum Gasteiger partial charge on any atom is 0.270 e. The molecule has 1 aliphatic rings. The number of nitrogens with two attached hydrogens (primary N) is 1. The summed E-state index contributed by atoms with van der Waals surface area (Å²) in [6, 6.07) is 7.76. The predicted octanol–water partition coefficient (Wildman–Crippen LogP) is 1.73. The molecule has 1 atom stereocenters. The number of nitrogens with one attached hydrogen (secondary N) is 1. The first-order valence-electron chi connectivity index (χ1n) is 6.74. The summed E-state index contributed by atoms with van der Waals surface area (Å²) in [4.78, 5) is 12.3. The number of fused-ring (bicyclic) bond motifs is 1. The molecule has 1 amide bonds. The van der Waals surface area contributed by atoms with E-state index in [2.05, 4.69) is 10.4 Å². The highest BCUT2D eigenvalue weighted by atomic mass is 16.2. The monoisotopic (exact) mass is 270 g/mol. The average molecular weight is 270 g/mol. The maximum absolute atomic E-state index is 12.3.